The Morgan fingerprint density at radius 2 is 1.86 bits per heavy atom. The third kappa shape index (κ3) is 8.95. The minimum atomic E-state index is -4.26. The summed E-state index contributed by atoms with van der Waals surface area (Å²) in [5.41, 5.74) is 2.83. The molecule has 0 bridgehead atoms. The Morgan fingerprint density at radius 3 is 2.47 bits per heavy atom. The van der Waals surface area contributed by atoms with E-state index in [-0.39, 0.29) is 18.3 Å². The van der Waals surface area contributed by atoms with E-state index < -0.39 is 19.0 Å². The molecular weight excluding hydrogens is 476 g/mol. The zero-order valence-electron chi connectivity index (χ0n) is 21.5. The van der Waals surface area contributed by atoms with E-state index in [2.05, 4.69) is 41.4 Å². The van der Waals surface area contributed by atoms with Gasteiger partial charge in [-0.05, 0) is 56.2 Å². The molecule has 10 heteroatoms. The topological polar surface area (TPSA) is 76.1 Å². The third-order valence-corrected chi connectivity index (χ3v) is 5.63. The lowest BCUT2D eigenvalue weighted by Gasteiger charge is -2.21. The quantitative estimate of drug-likeness (QED) is 0.296. The molecule has 2 N–H and O–H groups in total. The molecule has 0 aliphatic heterocycles. The molecule has 0 aromatic carbocycles. The summed E-state index contributed by atoms with van der Waals surface area (Å²) in [6.45, 7) is 9.33. The highest BCUT2D eigenvalue weighted by Crippen LogP contribution is 2.25. The number of amides is 1. The first-order valence-corrected chi connectivity index (χ1v) is 12.2. The highest BCUT2D eigenvalue weighted by molar-refractivity contribution is 5.99. The van der Waals surface area contributed by atoms with E-state index >= 15 is 0 Å². The number of nitrogens with one attached hydrogen (secondary N) is 2. The van der Waals surface area contributed by atoms with Crippen molar-refractivity contribution in [2.45, 2.75) is 72.8 Å². The first-order chi connectivity index (χ1) is 16.9. The summed E-state index contributed by atoms with van der Waals surface area (Å²) in [7, 11) is 0. The Bertz CT molecular complexity index is 1000. The van der Waals surface area contributed by atoms with Gasteiger partial charge in [-0.15, -0.1) is 0 Å². The van der Waals surface area contributed by atoms with Gasteiger partial charge in [0, 0.05) is 30.5 Å². The van der Waals surface area contributed by atoms with Crippen LogP contribution in [-0.4, -0.2) is 41.4 Å². The molecular formula is C26H36F4N4O2. The molecule has 0 fully saturated rings. The van der Waals surface area contributed by atoms with Crippen LogP contribution in [0.3, 0.4) is 0 Å². The van der Waals surface area contributed by atoms with Crippen LogP contribution in [0.15, 0.2) is 24.5 Å². The predicted molar refractivity (Wildman–Crippen MR) is 132 cm³/mol. The lowest BCUT2D eigenvalue weighted by molar-refractivity contribution is -0.148. The fourth-order valence-corrected chi connectivity index (χ4v) is 3.89. The average Bonchev–Trinajstić information content (AvgIpc) is 2.80. The van der Waals surface area contributed by atoms with Crippen LogP contribution in [0.25, 0.3) is 0 Å². The second kappa shape index (κ2) is 13.4. The van der Waals surface area contributed by atoms with E-state index in [1.807, 2.05) is 6.92 Å². The number of ether oxygens (including phenoxy) is 1. The second-order valence-corrected chi connectivity index (χ2v) is 9.54. The van der Waals surface area contributed by atoms with E-state index in [1.165, 1.54) is 6.20 Å². The fourth-order valence-electron chi connectivity index (χ4n) is 3.89. The molecule has 1 unspecified atom stereocenters. The maximum atomic E-state index is 13.1. The van der Waals surface area contributed by atoms with Gasteiger partial charge in [0.2, 0.25) is 5.88 Å². The monoisotopic (exact) mass is 512 g/mol. The van der Waals surface area contributed by atoms with Crippen molar-refractivity contribution in [1.82, 2.24) is 15.3 Å². The SMILES string of the molecule is CCCC(CNc1cnc(C)cc1C(=O)NCc1cnc(OCC(F)(F)C(F)F)c(C)c1)CC(C)C. The standard InChI is InChI=1S/C26H36F4N4O2/c1-6-7-19(8-16(2)3)11-32-22-14-31-18(5)10-21(22)23(35)33-12-20-9-17(4)24(34-13-20)36-15-26(29,30)25(27)28/h9-10,13-14,16,19,25,32H,6-8,11-12,15H2,1-5H3,(H,33,35). The number of aryl methyl sites for hydroxylation is 2. The zero-order chi connectivity index (χ0) is 26.9. The Hall–Kier alpha value is -2.91. The van der Waals surface area contributed by atoms with Gasteiger partial charge in [-0.1, -0.05) is 27.2 Å². The van der Waals surface area contributed by atoms with E-state index in [4.69, 9.17) is 4.74 Å². The second-order valence-electron chi connectivity index (χ2n) is 9.54. The summed E-state index contributed by atoms with van der Waals surface area (Å²) in [4.78, 5) is 21.3. The number of aromatic nitrogens is 2. The summed E-state index contributed by atoms with van der Waals surface area (Å²) < 4.78 is 55.6. The van der Waals surface area contributed by atoms with E-state index in [0.29, 0.717) is 39.9 Å². The smallest absolute Gasteiger partial charge is 0.340 e. The van der Waals surface area contributed by atoms with Gasteiger partial charge in [0.25, 0.3) is 5.91 Å². The van der Waals surface area contributed by atoms with Crippen LogP contribution in [0.4, 0.5) is 23.2 Å². The van der Waals surface area contributed by atoms with Crippen molar-refractivity contribution in [1.29, 1.82) is 0 Å². The molecule has 1 amide bonds. The van der Waals surface area contributed by atoms with Crippen LogP contribution in [0.1, 0.15) is 67.2 Å². The number of alkyl halides is 4. The first kappa shape index (κ1) is 29.3. The molecule has 0 spiro atoms. The van der Waals surface area contributed by atoms with Gasteiger partial charge in [-0.25, -0.2) is 13.8 Å². The zero-order valence-corrected chi connectivity index (χ0v) is 21.5. The Balaban J connectivity index is 2.04. The minimum absolute atomic E-state index is 0.132. The molecule has 0 saturated heterocycles. The van der Waals surface area contributed by atoms with Crippen LogP contribution in [0.2, 0.25) is 0 Å². The summed E-state index contributed by atoms with van der Waals surface area (Å²) in [6.07, 6.45) is 2.46. The van der Waals surface area contributed by atoms with E-state index in [1.54, 1.807) is 25.3 Å². The van der Waals surface area contributed by atoms with Gasteiger partial charge >= 0.3 is 12.3 Å². The molecule has 2 aromatic heterocycles. The molecule has 2 heterocycles. The number of hydrogen-bond donors (Lipinski definition) is 2. The highest BCUT2D eigenvalue weighted by atomic mass is 19.3. The Labute approximate surface area is 210 Å². The van der Waals surface area contributed by atoms with E-state index in [9.17, 15) is 22.4 Å². The van der Waals surface area contributed by atoms with Crippen LogP contribution in [0.5, 0.6) is 5.88 Å². The van der Waals surface area contributed by atoms with Gasteiger partial charge < -0.3 is 15.4 Å². The average molecular weight is 513 g/mol. The molecule has 2 aromatic rings. The number of hydrogen-bond acceptors (Lipinski definition) is 5. The van der Waals surface area contributed by atoms with Crippen molar-refractivity contribution in [3.8, 4) is 5.88 Å². The van der Waals surface area contributed by atoms with Gasteiger partial charge in [0.15, 0.2) is 6.61 Å². The van der Waals surface area contributed by atoms with E-state index in [0.717, 1.165) is 25.8 Å². The van der Waals surface area contributed by atoms with Gasteiger partial charge in [-0.3, -0.25) is 9.78 Å². The van der Waals surface area contributed by atoms with Crippen LogP contribution < -0.4 is 15.4 Å². The van der Waals surface area contributed by atoms with Crippen molar-refractivity contribution in [2.24, 2.45) is 11.8 Å². The molecule has 1 atom stereocenters. The highest BCUT2D eigenvalue weighted by Gasteiger charge is 2.42. The normalized spacial score (nSPS) is 12.6. The Kier molecular flexibility index (Phi) is 10.9. The summed E-state index contributed by atoms with van der Waals surface area (Å²) in [6, 6.07) is 3.32. The van der Waals surface area contributed by atoms with Crippen LogP contribution in [0, 0.1) is 25.7 Å². The summed E-state index contributed by atoms with van der Waals surface area (Å²) in [5, 5.41) is 6.23. The van der Waals surface area contributed by atoms with Crippen molar-refractivity contribution in [3.63, 3.8) is 0 Å². The number of nitrogens with zero attached hydrogens (tertiary/aromatic N) is 2. The van der Waals surface area contributed by atoms with Crippen molar-refractivity contribution in [2.75, 3.05) is 18.5 Å². The van der Waals surface area contributed by atoms with Gasteiger partial charge in [-0.2, -0.15) is 8.78 Å². The molecule has 2 rings (SSSR count). The lowest BCUT2D eigenvalue weighted by atomic mass is 9.93. The number of rotatable bonds is 14. The maximum Gasteiger partial charge on any atom is 0.340 e. The molecule has 200 valence electrons. The largest absolute Gasteiger partial charge is 0.471 e. The number of halogens is 4. The van der Waals surface area contributed by atoms with Gasteiger partial charge in [0.1, 0.15) is 0 Å². The minimum Gasteiger partial charge on any atom is -0.471 e. The van der Waals surface area contributed by atoms with Gasteiger partial charge in [0.05, 0.1) is 17.4 Å². The van der Waals surface area contributed by atoms with Crippen LogP contribution in [-0.2, 0) is 6.54 Å². The summed E-state index contributed by atoms with van der Waals surface area (Å²) >= 11 is 0. The molecule has 36 heavy (non-hydrogen) atoms. The Morgan fingerprint density at radius 1 is 1.14 bits per heavy atom. The maximum absolute atomic E-state index is 13.1. The van der Waals surface area contributed by atoms with Crippen LogP contribution >= 0.6 is 0 Å². The molecule has 0 radical (unpaired) electrons. The van der Waals surface area contributed by atoms with Crippen molar-refractivity contribution >= 4 is 11.6 Å². The molecule has 0 aliphatic rings. The molecule has 0 saturated carbocycles. The summed E-state index contributed by atoms with van der Waals surface area (Å²) in [5.74, 6) is -3.65. The lowest BCUT2D eigenvalue weighted by Crippen LogP contribution is -2.34. The predicted octanol–water partition coefficient (Wildman–Crippen LogP) is 6.18. The third-order valence-electron chi connectivity index (χ3n) is 5.63. The van der Waals surface area contributed by atoms with Crippen molar-refractivity contribution in [3.05, 3.63) is 46.9 Å². The number of carbonyl (C=O) groups is 1. The molecule has 0 aliphatic carbocycles. The molecule has 6 nitrogen and oxygen atoms in total. The fraction of sp³-hybridized carbons (Fsp3) is 0.577. The van der Waals surface area contributed by atoms with Crippen molar-refractivity contribution < 1.29 is 27.1 Å². The number of pyridine rings is 2. The first-order valence-electron chi connectivity index (χ1n) is 12.2. The number of anilines is 1. The number of carbonyl (C=O) groups excluding carboxylic acids is 1.